The van der Waals surface area contributed by atoms with E-state index in [9.17, 15) is 17.6 Å². The molecule has 1 spiro atoms. The van der Waals surface area contributed by atoms with Gasteiger partial charge in [-0.25, -0.2) is 12.8 Å². The second-order valence-electron chi connectivity index (χ2n) is 7.70. The molecular weight excluding hydrogens is 381 g/mol. The van der Waals surface area contributed by atoms with Crippen LogP contribution in [0, 0.1) is 24.1 Å². The van der Waals surface area contributed by atoms with Crippen molar-refractivity contribution in [2.45, 2.75) is 31.2 Å². The molecule has 2 atom stereocenters. The summed E-state index contributed by atoms with van der Waals surface area (Å²) in [6.45, 7) is 2.65. The molecule has 0 bridgehead atoms. The van der Waals surface area contributed by atoms with Gasteiger partial charge in [0.2, 0.25) is 15.9 Å². The highest BCUT2D eigenvalue weighted by atomic mass is 32.2. The number of amides is 1. The predicted molar refractivity (Wildman–Crippen MR) is 101 cm³/mol. The van der Waals surface area contributed by atoms with E-state index < -0.39 is 15.8 Å². The quantitative estimate of drug-likeness (QED) is 0.831. The maximum Gasteiger partial charge on any atom is 0.243 e. The summed E-state index contributed by atoms with van der Waals surface area (Å²) >= 11 is 0. The molecule has 0 radical (unpaired) electrons. The Morgan fingerprint density at radius 3 is 2.93 bits per heavy atom. The van der Waals surface area contributed by atoms with Crippen LogP contribution < -0.4 is 5.32 Å². The average molecular weight is 403 g/mol. The highest BCUT2D eigenvalue weighted by molar-refractivity contribution is 7.89. The number of rotatable bonds is 5. The van der Waals surface area contributed by atoms with E-state index >= 15 is 0 Å². The Kier molecular flexibility index (Phi) is 4.71. The van der Waals surface area contributed by atoms with Crippen LogP contribution in [0.3, 0.4) is 0 Å². The molecule has 1 aromatic heterocycles. The third-order valence-electron chi connectivity index (χ3n) is 5.83. The number of hydrogen-bond donors (Lipinski definition) is 1. The van der Waals surface area contributed by atoms with E-state index in [1.54, 1.807) is 19.3 Å². The monoisotopic (exact) mass is 403 g/mol. The number of pyridine rings is 1. The molecule has 2 aliphatic rings. The van der Waals surface area contributed by atoms with Gasteiger partial charge in [0.15, 0.2) is 0 Å². The number of nitrogens with zero attached hydrogens (tertiary/aromatic N) is 2. The van der Waals surface area contributed by atoms with Crippen molar-refractivity contribution in [1.29, 1.82) is 0 Å². The minimum absolute atomic E-state index is 0.0362. The van der Waals surface area contributed by atoms with Crippen molar-refractivity contribution >= 4 is 15.9 Å². The first-order valence-corrected chi connectivity index (χ1v) is 10.7. The van der Waals surface area contributed by atoms with Gasteiger partial charge >= 0.3 is 0 Å². The molecule has 4 rings (SSSR count). The van der Waals surface area contributed by atoms with Crippen molar-refractivity contribution in [3.05, 3.63) is 59.7 Å². The molecule has 2 heterocycles. The Bertz CT molecular complexity index is 1010. The number of aryl methyl sites for hydroxylation is 1. The Morgan fingerprint density at radius 2 is 2.21 bits per heavy atom. The van der Waals surface area contributed by atoms with E-state index in [2.05, 4.69) is 10.3 Å². The fourth-order valence-electron chi connectivity index (χ4n) is 3.93. The minimum Gasteiger partial charge on any atom is -0.352 e. The number of carbonyl (C=O) groups is 1. The summed E-state index contributed by atoms with van der Waals surface area (Å²) in [6.07, 6.45) is 4.70. The highest BCUT2D eigenvalue weighted by Gasteiger charge is 2.62. The molecule has 28 heavy (non-hydrogen) atoms. The van der Waals surface area contributed by atoms with Crippen LogP contribution in [0.2, 0.25) is 0 Å². The Morgan fingerprint density at radius 1 is 1.39 bits per heavy atom. The van der Waals surface area contributed by atoms with Crippen molar-refractivity contribution in [3.63, 3.8) is 0 Å². The lowest BCUT2D eigenvalue weighted by atomic mass is 10.0. The highest BCUT2D eigenvalue weighted by Crippen LogP contribution is 2.59. The first-order chi connectivity index (χ1) is 13.3. The first-order valence-electron chi connectivity index (χ1n) is 9.25. The largest absolute Gasteiger partial charge is 0.352 e. The molecule has 0 unspecified atom stereocenters. The summed E-state index contributed by atoms with van der Waals surface area (Å²) < 4.78 is 40.9. The van der Waals surface area contributed by atoms with Gasteiger partial charge in [-0.3, -0.25) is 9.78 Å². The molecule has 2 fully saturated rings. The van der Waals surface area contributed by atoms with Crippen molar-refractivity contribution in [2.75, 3.05) is 13.1 Å². The zero-order valence-electron chi connectivity index (χ0n) is 15.6. The maximum atomic E-state index is 13.8. The van der Waals surface area contributed by atoms with Crippen LogP contribution in [0.5, 0.6) is 0 Å². The minimum atomic E-state index is -3.76. The second-order valence-corrected chi connectivity index (χ2v) is 9.64. The summed E-state index contributed by atoms with van der Waals surface area (Å²) in [6, 6.07) is 7.68. The molecule has 1 saturated carbocycles. The molecule has 8 heteroatoms. The molecule has 1 aliphatic carbocycles. The standard InChI is InChI=1S/C20H22FN3O3S/c1-14-4-5-16(9-18(14)21)28(26,27)24-8-6-20(13-24)10-17(20)19(25)23-12-15-3-2-7-22-11-15/h2-5,7,9,11,17H,6,8,10,12-13H2,1H3,(H,23,25)/t17-,20+/m1/s1. The number of sulfonamides is 1. The third kappa shape index (κ3) is 3.42. The molecule has 2 aromatic rings. The number of benzene rings is 1. The van der Waals surface area contributed by atoms with Crippen LogP contribution >= 0.6 is 0 Å². The summed E-state index contributed by atoms with van der Waals surface area (Å²) in [5.41, 5.74) is 1.03. The zero-order chi connectivity index (χ0) is 19.9. The van der Waals surface area contributed by atoms with E-state index in [-0.39, 0.29) is 22.1 Å². The van der Waals surface area contributed by atoms with Crippen molar-refractivity contribution in [1.82, 2.24) is 14.6 Å². The molecular formula is C20H22FN3O3S. The third-order valence-corrected chi connectivity index (χ3v) is 7.67. The fraction of sp³-hybridized carbons (Fsp3) is 0.400. The van der Waals surface area contributed by atoms with Gasteiger partial charge in [-0.2, -0.15) is 4.31 Å². The fourth-order valence-corrected chi connectivity index (χ4v) is 5.48. The lowest BCUT2D eigenvalue weighted by Crippen LogP contribution is -2.31. The maximum absolute atomic E-state index is 13.8. The van der Waals surface area contributed by atoms with Crippen LogP contribution in [0.15, 0.2) is 47.6 Å². The van der Waals surface area contributed by atoms with E-state index in [4.69, 9.17) is 0 Å². The molecule has 1 aromatic carbocycles. The van der Waals surface area contributed by atoms with Gasteiger partial charge in [-0.15, -0.1) is 0 Å². The summed E-state index contributed by atoms with van der Waals surface area (Å²) in [5, 5.41) is 2.91. The number of nitrogens with one attached hydrogen (secondary N) is 1. The van der Waals surface area contributed by atoms with Gasteiger partial charge in [-0.1, -0.05) is 12.1 Å². The first kappa shape index (κ1) is 19.0. The van der Waals surface area contributed by atoms with Crippen LogP contribution in [0.25, 0.3) is 0 Å². The number of hydrogen-bond acceptors (Lipinski definition) is 4. The van der Waals surface area contributed by atoms with E-state index in [0.717, 1.165) is 11.6 Å². The number of aromatic nitrogens is 1. The van der Waals surface area contributed by atoms with Crippen molar-refractivity contribution < 1.29 is 17.6 Å². The molecule has 1 aliphatic heterocycles. The lowest BCUT2D eigenvalue weighted by Gasteiger charge is -2.17. The molecule has 148 valence electrons. The molecule has 6 nitrogen and oxygen atoms in total. The predicted octanol–water partition coefficient (Wildman–Crippen LogP) is 2.25. The van der Waals surface area contributed by atoms with E-state index in [0.29, 0.717) is 38.0 Å². The van der Waals surface area contributed by atoms with E-state index in [1.807, 2.05) is 12.1 Å². The van der Waals surface area contributed by atoms with Gasteiger partial charge in [-0.05, 0) is 54.5 Å². The van der Waals surface area contributed by atoms with Crippen molar-refractivity contribution in [2.24, 2.45) is 11.3 Å². The van der Waals surface area contributed by atoms with E-state index in [1.165, 1.54) is 16.4 Å². The number of carbonyl (C=O) groups excluding carboxylic acids is 1. The Hall–Kier alpha value is -2.32. The van der Waals surface area contributed by atoms with Gasteiger partial charge in [0.25, 0.3) is 0 Å². The van der Waals surface area contributed by atoms with Gasteiger partial charge < -0.3 is 5.32 Å². The van der Waals surface area contributed by atoms with Gasteiger partial charge in [0.1, 0.15) is 5.82 Å². The summed E-state index contributed by atoms with van der Waals surface area (Å²) in [4.78, 5) is 16.5. The summed E-state index contributed by atoms with van der Waals surface area (Å²) in [5.74, 6) is -0.766. The van der Waals surface area contributed by atoms with Crippen LogP contribution in [0.1, 0.15) is 24.0 Å². The lowest BCUT2D eigenvalue weighted by molar-refractivity contribution is -0.123. The Balaban J connectivity index is 1.40. The van der Waals surface area contributed by atoms with Crippen molar-refractivity contribution in [3.8, 4) is 0 Å². The van der Waals surface area contributed by atoms with Gasteiger partial charge in [0, 0.05) is 37.9 Å². The van der Waals surface area contributed by atoms with Crippen LogP contribution in [0.4, 0.5) is 4.39 Å². The average Bonchev–Trinajstić information content (AvgIpc) is 3.21. The summed E-state index contributed by atoms with van der Waals surface area (Å²) in [7, 11) is -3.76. The second kappa shape index (κ2) is 6.93. The molecule has 1 saturated heterocycles. The van der Waals surface area contributed by atoms with Gasteiger partial charge in [0.05, 0.1) is 4.90 Å². The normalized spacial score (nSPS) is 24.4. The van der Waals surface area contributed by atoms with Crippen LogP contribution in [-0.2, 0) is 21.4 Å². The zero-order valence-corrected chi connectivity index (χ0v) is 16.4. The Labute approximate surface area is 163 Å². The smallest absolute Gasteiger partial charge is 0.243 e. The number of halogens is 1. The SMILES string of the molecule is Cc1ccc(S(=O)(=O)N2CC[C@]3(C[C@@H]3C(=O)NCc3cccnc3)C2)cc1F. The molecule has 1 amide bonds. The van der Waals surface area contributed by atoms with Crippen LogP contribution in [-0.4, -0.2) is 36.7 Å². The molecule has 1 N–H and O–H groups in total. The topological polar surface area (TPSA) is 79.4 Å².